The van der Waals surface area contributed by atoms with Crippen LogP contribution in [0.15, 0.2) is 24.4 Å². The van der Waals surface area contributed by atoms with E-state index in [2.05, 4.69) is 4.98 Å². The van der Waals surface area contributed by atoms with E-state index >= 15 is 0 Å². The van der Waals surface area contributed by atoms with Gasteiger partial charge in [0.1, 0.15) is 0 Å². The second-order valence-electron chi connectivity index (χ2n) is 4.38. The summed E-state index contributed by atoms with van der Waals surface area (Å²) in [7, 11) is 0. The maximum Gasteiger partial charge on any atom is 0.313 e. The molecule has 0 saturated carbocycles. The molecule has 1 aromatic heterocycles. The number of esters is 1. The van der Waals surface area contributed by atoms with Gasteiger partial charge in [-0.25, -0.2) is 4.98 Å². The van der Waals surface area contributed by atoms with E-state index in [0.717, 1.165) is 0 Å². The van der Waals surface area contributed by atoms with Crippen molar-refractivity contribution in [2.24, 2.45) is 5.41 Å². The van der Waals surface area contributed by atoms with Crippen molar-refractivity contribution < 1.29 is 9.53 Å². The van der Waals surface area contributed by atoms with Crippen molar-refractivity contribution in [2.75, 3.05) is 0 Å². The molecule has 0 aliphatic carbocycles. The van der Waals surface area contributed by atoms with Crippen LogP contribution in [-0.2, 0) is 4.79 Å². The minimum atomic E-state index is -0.240. The molecule has 0 aliphatic heterocycles. The van der Waals surface area contributed by atoms with Gasteiger partial charge in [0.25, 0.3) is 0 Å². The summed E-state index contributed by atoms with van der Waals surface area (Å²) in [6.07, 6.45) is 1.99. The molecule has 0 aliphatic rings. The van der Waals surface area contributed by atoms with Crippen molar-refractivity contribution in [3.8, 4) is 5.88 Å². The van der Waals surface area contributed by atoms with Gasteiger partial charge in [-0.3, -0.25) is 4.79 Å². The van der Waals surface area contributed by atoms with Crippen molar-refractivity contribution in [1.29, 1.82) is 0 Å². The number of carbonyl (C=O) groups is 1. The Morgan fingerprint density at radius 2 is 2.14 bits per heavy atom. The Balaban J connectivity index is 2.50. The first-order valence-electron chi connectivity index (χ1n) is 4.59. The highest BCUT2D eigenvalue weighted by molar-refractivity contribution is 5.72. The van der Waals surface area contributed by atoms with E-state index in [1.807, 2.05) is 20.8 Å². The fourth-order valence-electron chi connectivity index (χ4n) is 0.993. The van der Waals surface area contributed by atoms with Crippen LogP contribution in [0.2, 0.25) is 0 Å². The van der Waals surface area contributed by atoms with Crippen LogP contribution in [-0.4, -0.2) is 11.0 Å². The van der Waals surface area contributed by atoms with Crippen LogP contribution < -0.4 is 4.74 Å². The maximum atomic E-state index is 11.4. The molecule has 3 nitrogen and oxygen atoms in total. The molecule has 14 heavy (non-hydrogen) atoms. The van der Waals surface area contributed by atoms with Gasteiger partial charge in [-0.1, -0.05) is 26.8 Å². The number of pyridine rings is 1. The Morgan fingerprint density at radius 3 is 2.64 bits per heavy atom. The molecule has 0 unspecified atom stereocenters. The quantitative estimate of drug-likeness (QED) is 0.677. The second-order valence-corrected chi connectivity index (χ2v) is 4.38. The minimum absolute atomic E-state index is 0.0497. The van der Waals surface area contributed by atoms with Crippen LogP contribution in [0, 0.1) is 5.41 Å². The second kappa shape index (κ2) is 4.22. The van der Waals surface area contributed by atoms with Gasteiger partial charge >= 0.3 is 5.97 Å². The molecule has 1 aromatic rings. The van der Waals surface area contributed by atoms with Crippen LogP contribution >= 0.6 is 0 Å². The molecule has 1 rings (SSSR count). The van der Waals surface area contributed by atoms with Gasteiger partial charge in [0.05, 0.1) is 6.42 Å². The van der Waals surface area contributed by atoms with Crippen molar-refractivity contribution >= 4 is 5.97 Å². The number of rotatable bonds is 2. The molecule has 0 atom stereocenters. The summed E-state index contributed by atoms with van der Waals surface area (Å²) in [4.78, 5) is 15.3. The lowest BCUT2D eigenvalue weighted by molar-refractivity contribution is -0.136. The van der Waals surface area contributed by atoms with Gasteiger partial charge in [-0.15, -0.1) is 0 Å². The van der Waals surface area contributed by atoms with Crippen LogP contribution in [0.1, 0.15) is 27.2 Å². The highest BCUT2D eigenvalue weighted by Gasteiger charge is 2.17. The van der Waals surface area contributed by atoms with Gasteiger partial charge in [0.2, 0.25) is 5.88 Å². The lowest BCUT2D eigenvalue weighted by atomic mass is 9.93. The molecule has 0 fully saturated rings. The third-order valence-corrected chi connectivity index (χ3v) is 1.53. The zero-order valence-corrected chi connectivity index (χ0v) is 8.78. The van der Waals surface area contributed by atoms with Gasteiger partial charge in [-0.05, 0) is 11.5 Å². The maximum absolute atomic E-state index is 11.4. The number of ether oxygens (including phenoxy) is 1. The Labute approximate surface area is 84.1 Å². The van der Waals surface area contributed by atoms with Crippen LogP contribution in [0.25, 0.3) is 0 Å². The number of aromatic nitrogens is 1. The molecule has 0 bridgehead atoms. The Morgan fingerprint density at radius 1 is 1.43 bits per heavy atom. The largest absolute Gasteiger partial charge is 0.407 e. The van der Waals surface area contributed by atoms with Gasteiger partial charge < -0.3 is 4.74 Å². The van der Waals surface area contributed by atoms with Crippen LogP contribution in [0.5, 0.6) is 5.88 Å². The summed E-state index contributed by atoms with van der Waals surface area (Å²) in [6, 6.07) is 5.23. The predicted octanol–water partition coefficient (Wildman–Crippen LogP) is 2.42. The van der Waals surface area contributed by atoms with E-state index in [9.17, 15) is 4.79 Å². The van der Waals surface area contributed by atoms with Gasteiger partial charge in [-0.2, -0.15) is 0 Å². The van der Waals surface area contributed by atoms with Gasteiger partial charge in [0.15, 0.2) is 0 Å². The third kappa shape index (κ3) is 4.03. The highest BCUT2D eigenvalue weighted by Crippen LogP contribution is 2.19. The summed E-state index contributed by atoms with van der Waals surface area (Å²) >= 11 is 0. The average molecular weight is 193 g/mol. The first kappa shape index (κ1) is 10.7. The molecule has 1 heterocycles. The van der Waals surface area contributed by atoms with E-state index in [1.54, 1.807) is 24.4 Å². The molecule has 0 spiro atoms. The van der Waals surface area contributed by atoms with Crippen molar-refractivity contribution in [3.63, 3.8) is 0 Å². The molecule has 76 valence electrons. The van der Waals surface area contributed by atoms with E-state index in [-0.39, 0.29) is 11.4 Å². The normalized spacial score (nSPS) is 11.1. The fourth-order valence-corrected chi connectivity index (χ4v) is 0.993. The van der Waals surface area contributed by atoms with Gasteiger partial charge in [0, 0.05) is 12.3 Å². The lowest BCUT2D eigenvalue weighted by Gasteiger charge is -2.15. The fraction of sp³-hybridized carbons (Fsp3) is 0.455. The highest BCUT2D eigenvalue weighted by atomic mass is 16.5. The van der Waals surface area contributed by atoms with Crippen molar-refractivity contribution in [1.82, 2.24) is 4.98 Å². The molecule has 3 heteroatoms. The minimum Gasteiger partial charge on any atom is -0.407 e. The summed E-state index contributed by atoms with van der Waals surface area (Å²) in [5.74, 6) is 0.123. The van der Waals surface area contributed by atoms with E-state index in [1.165, 1.54) is 0 Å². The first-order chi connectivity index (χ1) is 6.47. The molecule has 0 amide bonds. The molecular weight excluding hydrogens is 178 g/mol. The smallest absolute Gasteiger partial charge is 0.313 e. The van der Waals surface area contributed by atoms with E-state index in [0.29, 0.717) is 12.3 Å². The Bertz CT molecular complexity index is 301. The van der Waals surface area contributed by atoms with Crippen molar-refractivity contribution in [2.45, 2.75) is 27.2 Å². The Hall–Kier alpha value is -1.38. The number of hydrogen-bond acceptors (Lipinski definition) is 3. The number of carbonyl (C=O) groups excluding carboxylic acids is 1. The standard InChI is InChI=1S/C11H15NO2/c1-11(2,3)8-10(13)14-9-6-4-5-7-12-9/h4-7H,8H2,1-3H3. The summed E-state index contributed by atoms with van der Waals surface area (Å²) in [6.45, 7) is 5.98. The van der Waals surface area contributed by atoms with E-state index < -0.39 is 0 Å². The monoisotopic (exact) mass is 193 g/mol. The van der Waals surface area contributed by atoms with Crippen LogP contribution in [0.3, 0.4) is 0 Å². The zero-order chi connectivity index (χ0) is 10.6. The number of hydrogen-bond donors (Lipinski definition) is 0. The molecule has 0 N–H and O–H groups in total. The summed E-state index contributed by atoms with van der Waals surface area (Å²) in [5.41, 5.74) is -0.0497. The summed E-state index contributed by atoms with van der Waals surface area (Å²) in [5, 5.41) is 0. The molecule has 0 saturated heterocycles. The van der Waals surface area contributed by atoms with Crippen molar-refractivity contribution in [3.05, 3.63) is 24.4 Å². The topological polar surface area (TPSA) is 39.2 Å². The number of nitrogens with zero attached hydrogens (tertiary/aromatic N) is 1. The Kier molecular flexibility index (Phi) is 3.23. The SMILES string of the molecule is CC(C)(C)CC(=O)Oc1ccccn1. The average Bonchev–Trinajstić information content (AvgIpc) is 2.02. The molecule has 0 aromatic carbocycles. The van der Waals surface area contributed by atoms with Crippen LogP contribution in [0.4, 0.5) is 0 Å². The molecular formula is C11H15NO2. The summed E-state index contributed by atoms with van der Waals surface area (Å²) < 4.78 is 5.04. The predicted molar refractivity (Wildman–Crippen MR) is 53.9 cm³/mol. The molecule has 0 radical (unpaired) electrons. The first-order valence-corrected chi connectivity index (χ1v) is 4.59. The third-order valence-electron chi connectivity index (χ3n) is 1.53. The zero-order valence-electron chi connectivity index (χ0n) is 8.78. The lowest BCUT2D eigenvalue weighted by Crippen LogP contribution is -2.17. The van der Waals surface area contributed by atoms with E-state index in [4.69, 9.17) is 4.74 Å².